The van der Waals surface area contributed by atoms with Crippen LogP contribution in [0.5, 0.6) is 0 Å². The highest BCUT2D eigenvalue weighted by Crippen LogP contribution is 2.34. The standard InChI is InChI=1S/C11H14N4/c1-6-2-5-8-9(6)14-11(12)15-10(8)13-7-3-4-7/h2,5-7H,3-4H2,1H3,(H3,12,13,14,15). The zero-order valence-electron chi connectivity index (χ0n) is 8.70. The van der Waals surface area contributed by atoms with Crippen LogP contribution in [0.4, 0.5) is 11.8 Å². The Bertz CT molecular complexity index is 434. The summed E-state index contributed by atoms with van der Waals surface area (Å²) in [6, 6.07) is 0.590. The Labute approximate surface area is 88.6 Å². The molecule has 2 aliphatic carbocycles. The minimum absolute atomic E-state index is 0.352. The molecule has 1 saturated carbocycles. The Kier molecular flexibility index (Phi) is 1.71. The quantitative estimate of drug-likeness (QED) is 0.767. The van der Waals surface area contributed by atoms with E-state index in [0.29, 0.717) is 17.9 Å². The normalized spacial score (nSPS) is 22.9. The van der Waals surface area contributed by atoms with Crippen molar-refractivity contribution in [1.82, 2.24) is 9.97 Å². The average molecular weight is 202 g/mol. The van der Waals surface area contributed by atoms with Crippen molar-refractivity contribution in [3.8, 4) is 0 Å². The average Bonchev–Trinajstić information content (AvgIpc) is 2.92. The van der Waals surface area contributed by atoms with Gasteiger partial charge in [-0.2, -0.15) is 4.98 Å². The van der Waals surface area contributed by atoms with E-state index in [-0.39, 0.29) is 0 Å². The minimum Gasteiger partial charge on any atom is -0.368 e. The molecule has 0 radical (unpaired) electrons. The highest BCUT2D eigenvalue weighted by atomic mass is 15.1. The van der Waals surface area contributed by atoms with Crippen LogP contribution >= 0.6 is 0 Å². The number of nitrogen functional groups attached to an aromatic ring is 1. The molecule has 1 unspecified atom stereocenters. The van der Waals surface area contributed by atoms with Gasteiger partial charge in [-0.1, -0.05) is 19.1 Å². The van der Waals surface area contributed by atoms with Crippen LogP contribution in [-0.2, 0) is 0 Å². The van der Waals surface area contributed by atoms with E-state index in [4.69, 9.17) is 5.73 Å². The van der Waals surface area contributed by atoms with Crippen molar-refractivity contribution in [2.75, 3.05) is 11.1 Å². The van der Waals surface area contributed by atoms with Crippen molar-refractivity contribution in [2.45, 2.75) is 31.7 Å². The predicted octanol–water partition coefficient (Wildman–Crippen LogP) is 1.76. The molecule has 3 rings (SSSR count). The molecule has 1 aromatic heterocycles. The first-order valence-corrected chi connectivity index (χ1v) is 5.36. The van der Waals surface area contributed by atoms with Crippen molar-refractivity contribution >= 4 is 17.8 Å². The molecule has 4 nitrogen and oxygen atoms in total. The van der Waals surface area contributed by atoms with Crippen LogP contribution in [-0.4, -0.2) is 16.0 Å². The van der Waals surface area contributed by atoms with E-state index in [1.165, 1.54) is 12.8 Å². The third kappa shape index (κ3) is 1.46. The summed E-state index contributed by atoms with van der Waals surface area (Å²) in [4.78, 5) is 8.55. The van der Waals surface area contributed by atoms with Crippen molar-refractivity contribution in [1.29, 1.82) is 0 Å². The smallest absolute Gasteiger partial charge is 0.222 e. The van der Waals surface area contributed by atoms with E-state index in [0.717, 1.165) is 17.1 Å². The number of allylic oxidation sites excluding steroid dienone is 1. The second-order valence-corrected chi connectivity index (χ2v) is 4.30. The zero-order valence-corrected chi connectivity index (χ0v) is 8.70. The lowest BCUT2D eigenvalue weighted by molar-refractivity contribution is 0.913. The van der Waals surface area contributed by atoms with Crippen LogP contribution in [0.1, 0.15) is 36.9 Å². The summed E-state index contributed by atoms with van der Waals surface area (Å²) in [5.41, 5.74) is 7.86. The molecule has 0 spiro atoms. The molecular formula is C11H14N4. The molecule has 0 amide bonds. The van der Waals surface area contributed by atoms with E-state index >= 15 is 0 Å². The first-order chi connectivity index (χ1) is 7.24. The second kappa shape index (κ2) is 2.95. The number of fused-ring (bicyclic) bond motifs is 1. The summed E-state index contributed by atoms with van der Waals surface area (Å²) in [6.07, 6.45) is 6.69. The Morgan fingerprint density at radius 1 is 1.40 bits per heavy atom. The molecule has 0 saturated heterocycles. The molecule has 78 valence electrons. The third-order valence-corrected chi connectivity index (χ3v) is 2.89. The lowest BCUT2D eigenvalue weighted by Crippen LogP contribution is -2.10. The van der Waals surface area contributed by atoms with Crippen molar-refractivity contribution in [2.24, 2.45) is 0 Å². The Morgan fingerprint density at radius 3 is 2.93 bits per heavy atom. The van der Waals surface area contributed by atoms with Gasteiger partial charge in [-0.15, -0.1) is 0 Å². The number of anilines is 2. The Balaban J connectivity index is 2.04. The molecule has 0 aromatic carbocycles. The summed E-state index contributed by atoms with van der Waals surface area (Å²) < 4.78 is 0. The first-order valence-electron chi connectivity index (χ1n) is 5.36. The lowest BCUT2D eigenvalue weighted by Gasteiger charge is -2.10. The summed E-state index contributed by atoms with van der Waals surface area (Å²) in [7, 11) is 0. The van der Waals surface area contributed by atoms with E-state index in [9.17, 15) is 0 Å². The van der Waals surface area contributed by atoms with Gasteiger partial charge in [0.05, 0.1) is 5.69 Å². The number of hydrogen-bond donors (Lipinski definition) is 2. The first kappa shape index (κ1) is 8.71. The number of nitrogens with two attached hydrogens (primary N) is 1. The summed E-state index contributed by atoms with van der Waals surface area (Å²) in [5, 5.41) is 3.40. The van der Waals surface area contributed by atoms with Crippen LogP contribution in [0.2, 0.25) is 0 Å². The summed E-state index contributed by atoms with van der Waals surface area (Å²) >= 11 is 0. The number of rotatable bonds is 2. The topological polar surface area (TPSA) is 63.8 Å². The van der Waals surface area contributed by atoms with E-state index in [1.807, 2.05) is 0 Å². The van der Waals surface area contributed by atoms with Crippen LogP contribution < -0.4 is 11.1 Å². The van der Waals surface area contributed by atoms with Crippen molar-refractivity contribution < 1.29 is 0 Å². The van der Waals surface area contributed by atoms with Gasteiger partial charge in [0, 0.05) is 17.5 Å². The van der Waals surface area contributed by atoms with Gasteiger partial charge in [-0.05, 0) is 12.8 Å². The van der Waals surface area contributed by atoms with E-state index in [1.54, 1.807) is 0 Å². The maximum Gasteiger partial charge on any atom is 0.222 e. The highest BCUT2D eigenvalue weighted by Gasteiger charge is 2.25. The van der Waals surface area contributed by atoms with Gasteiger partial charge >= 0.3 is 0 Å². The molecular weight excluding hydrogens is 188 g/mol. The van der Waals surface area contributed by atoms with Gasteiger partial charge in [0.15, 0.2) is 0 Å². The van der Waals surface area contributed by atoms with Gasteiger partial charge in [-0.25, -0.2) is 4.98 Å². The van der Waals surface area contributed by atoms with Crippen molar-refractivity contribution in [3.05, 3.63) is 17.3 Å². The van der Waals surface area contributed by atoms with Gasteiger partial charge in [0.2, 0.25) is 5.95 Å². The fourth-order valence-electron chi connectivity index (χ4n) is 1.88. The predicted molar refractivity (Wildman–Crippen MR) is 60.5 cm³/mol. The minimum atomic E-state index is 0.352. The Morgan fingerprint density at radius 2 is 2.20 bits per heavy atom. The zero-order chi connectivity index (χ0) is 10.4. The Hall–Kier alpha value is -1.58. The number of nitrogens with one attached hydrogen (secondary N) is 1. The SMILES string of the molecule is CC1C=Cc2c(NC3CC3)nc(N)nc21. The molecule has 3 N–H and O–H groups in total. The van der Waals surface area contributed by atoms with Crippen LogP contribution in [0, 0.1) is 0 Å². The molecule has 0 bridgehead atoms. The summed E-state index contributed by atoms with van der Waals surface area (Å²) in [5.74, 6) is 1.62. The molecule has 4 heteroatoms. The van der Waals surface area contributed by atoms with Crippen LogP contribution in [0.25, 0.3) is 6.08 Å². The van der Waals surface area contributed by atoms with E-state index in [2.05, 4.69) is 34.4 Å². The second-order valence-electron chi connectivity index (χ2n) is 4.30. The largest absolute Gasteiger partial charge is 0.368 e. The molecule has 0 aliphatic heterocycles. The van der Waals surface area contributed by atoms with Gasteiger partial charge < -0.3 is 11.1 Å². The molecule has 1 aromatic rings. The summed E-state index contributed by atoms with van der Waals surface area (Å²) in [6.45, 7) is 2.12. The maximum atomic E-state index is 5.70. The molecule has 1 atom stereocenters. The van der Waals surface area contributed by atoms with Crippen LogP contribution in [0.3, 0.4) is 0 Å². The maximum absolute atomic E-state index is 5.70. The number of hydrogen-bond acceptors (Lipinski definition) is 4. The van der Waals surface area contributed by atoms with Crippen molar-refractivity contribution in [3.63, 3.8) is 0 Å². The third-order valence-electron chi connectivity index (χ3n) is 2.89. The van der Waals surface area contributed by atoms with Gasteiger partial charge in [0.25, 0.3) is 0 Å². The number of aromatic nitrogens is 2. The monoisotopic (exact) mass is 202 g/mol. The van der Waals surface area contributed by atoms with Crippen LogP contribution in [0.15, 0.2) is 6.08 Å². The number of nitrogens with zero attached hydrogens (tertiary/aromatic N) is 2. The molecule has 2 aliphatic rings. The molecule has 1 fully saturated rings. The fourth-order valence-corrected chi connectivity index (χ4v) is 1.88. The van der Waals surface area contributed by atoms with Gasteiger partial charge in [-0.3, -0.25) is 0 Å². The highest BCUT2D eigenvalue weighted by molar-refractivity contribution is 5.71. The fraction of sp³-hybridized carbons (Fsp3) is 0.455. The van der Waals surface area contributed by atoms with E-state index < -0.39 is 0 Å². The molecule has 1 heterocycles. The lowest BCUT2D eigenvalue weighted by atomic mass is 10.1. The molecule has 15 heavy (non-hydrogen) atoms. The van der Waals surface area contributed by atoms with Gasteiger partial charge in [0.1, 0.15) is 5.82 Å².